The zero-order valence-electron chi connectivity index (χ0n) is 19.5. The van der Waals surface area contributed by atoms with Crippen molar-refractivity contribution in [1.82, 2.24) is 4.31 Å². The van der Waals surface area contributed by atoms with E-state index in [4.69, 9.17) is 14.6 Å². The van der Waals surface area contributed by atoms with Crippen LogP contribution in [0.25, 0.3) is 10.1 Å². The molecule has 3 aromatic rings. The highest BCUT2D eigenvalue weighted by molar-refractivity contribution is 7.91. The number of hydrogen-bond donors (Lipinski definition) is 1. The Labute approximate surface area is 202 Å². The van der Waals surface area contributed by atoms with Crippen molar-refractivity contribution in [1.29, 1.82) is 0 Å². The number of halogens is 1. The molecule has 0 saturated carbocycles. The van der Waals surface area contributed by atoms with Gasteiger partial charge in [-0.3, -0.25) is 0 Å². The van der Waals surface area contributed by atoms with Gasteiger partial charge >= 0.3 is 5.97 Å². The zero-order valence-corrected chi connectivity index (χ0v) is 21.1. The van der Waals surface area contributed by atoms with E-state index in [0.717, 1.165) is 16.0 Å². The van der Waals surface area contributed by atoms with Gasteiger partial charge in [0.25, 0.3) is 10.0 Å². The van der Waals surface area contributed by atoms with Crippen LogP contribution in [0.4, 0.5) is 4.39 Å². The molecule has 0 bridgehead atoms. The number of carboxylic acid groups (broad SMARTS) is 1. The number of fused-ring (bicyclic) bond motifs is 1. The monoisotopic (exact) mass is 509 g/mol. The number of carboxylic acids is 1. The van der Waals surface area contributed by atoms with Crippen LogP contribution in [0.1, 0.15) is 31.4 Å². The maximum atomic E-state index is 13.7. The summed E-state index contributed by atoms with van der Waals surface area (Å²) in [6.07, 6.45) is 0.165. The number of hydrogen-bond acceptors (Lipinski definition) is 6. The van der Waals surface area contributed by atoms with Crippen LogP contribution in [0.2, 0.25) is 0 Å². The molecule has 7 nitrogen and oxygen atoms in total. The lowest BCUT2D eigenvalue weighted by atomic mass is 10.2. The first kappa shape index (κ1) is 25.9. The van der Waals surface area contributed by atoms with E-state index in [1.807, 2.05) is 6.92 Å². The molecule has 0 saturated heterocycles. The lowest BCUT2D eigenvalue weighted by Gasteiger charge is -2.25. The first-order valence-corrected chi connectivity index (χ1v) is 13.1. The molecular weight excluding hydrogens is 481 g/mol. The van der Waals surface area contributed by atoms with Crippen molar-refractivity contribution >= 4 is 37.4 Å². The molecule has 1 heterocycles. The fraction of sp³-hybridized carbons (Fsp3) is 0.375. The summed E-state index contributed by atoms with van der Waals surface area (Å²) in [5.74, 6) is -0.506. The molecule has 2 aromatic carbocycles. The van der Waals surface area contributed by atoms with Gasteiger partial charge in [0, 0.05) is 11.2 Å². The highest BCUT2D eigenvalue weighted by Crippen LogP contribution is 2.36. The number of carbonyl (C=O) groups is 1. The summed E-state index contributed by atoms with van der Waals surface area (Å²) in [6, 6.07) is 9.29. The molecule has 0 aliphatic rings. The normalized spacial score (nSPS) is 12.8. The third-order valence-corrected chi connectivity index (χ3v) is 8.93. The Bertz CT molecular complexity index is 1290. The van der Waals surface area contributed by atoms with Gasteiger partial charge in [0.05, 0.1) is 6.54 Å². The van der Waals surface area contributed by atoms with E-state index in [2.05, 4.69) is 0 Å². The maximum Gasteiger partial charge on any atom is 0.341 e. The molecule has 0 radical (unpaired) electrons. The second-order valence-corrected chi connectivity index (χ2v) is 11.2. The largest absolute Gasteiger partial charge is 0.489 e. The van der Waals surface area contributed by atoms with Crippen LogP contribution in [0, 0.1) is 19.7 Å². The summed E-state index contributed by atoms with van der Waals surface area (Å²) in [6.45, 7) is 7.18. The van der Waals surface area contributed by atoms with Crippen LogP contribution in [0.5, 0.6) is 11.5 Å². The van der Waals surface area contributed by atoms with Crippen LogP contribution in [0.3, 0.4) is 0 Å². The first-order chi connectivity index (χ1) is 16.0. The number of rotatable bonds is 11. The standard InChI is InChI=1S/C24H28FNO6S2/c1-5-10-26(34(29,30)24-17(4)20-12-18(25)6-9-22(20)33-24)13-16(3)32-19-7-8-21(15(2)11-19)31-14-23(27)28/h6-9,11-12,16H,5,10,13-14H2,1-4H3,(H,27,28). The van der Waals surface area contributed by atoms with E-state index in [0.29, 0.717) is 41.0 Å². The molecule has 34 heavy (non-hydrogen) atoms. The van der Waals surface area contributed by atoms with E-state index < -0.39 is 34.5 Å². The highest BCUT2D eigenvalue weighted by atomic mass is 32.2. The van der Waals surface area contributed by atoms with E-state index in [1.54, 1.807) is 45.0 Å². The van der Waals surface area contributed by atoms with Crippen molar-refractivity contribution in [3.05, 3.63) is 53.3 Å². The minimum Gasteiger partial charge on any atom is -0.489 e. The van der Waals surface area contributed by atoms with Crippen molar-refractivity contribution in [3.8, 4) is 11.5 Å². The number of nitrogens with zero attached hydrogens (tertiary/aromatic N) is 1. The van der Waals surface area contributed by atoms with Crippen LogP contribution in [0.15, 0.2) is 40.6 Å². The third kappa shape index (κ3) is 5.86. The Balaban J connectivity index is 1.78. The number of sulfonamides is 1. The van der Waals surface area contributed by atoms with Gasteiger partial charge in [-0.2, -0.15) is 4.31 Å². The topological polar surface area (TPSA) is 93.1 Å². The fourth-order valence-corrected chi connectivity index (χ4v) is 7.13. The summed E-state index contributed by atoms with van der Waals surface area (Å²) in [4.78, 5) is 10.7. The van der Waals surface area contributed by atoms with Crippen molar-refractivity contribution in [3.63, 3.8) is 0 Å². The SMILES string of the molecule is CCCN(CC(C)Oc1ccc(OCC(=O)O)c(C)c1)S(=O)(=O)c1sc2ccc(F)cc2c1C. The van der Waals surface area contributed by atoms with Crippen LogP contribution in [-0.2, 0) is 14.8 Å². The van der Waals surface area contributed by atoms with Crippen LogP contribution < -0.4 is 9.47 Å². The molecule has 0 aliphatic carbocycles. The summed E-state index contributed by atoms with van der Waals surface area (Å²) < 4.78 is 54.3. The molecule has 0 fully saturated rings. The first-order valence-electron chi connectivity index (χ1n) is 10.8. The van der Waals surface area contributed by atoms with Crippen molar-refractivity contribution < 1.29 is 32.2 Å². The van der Waals surface area contributed by atoms with Gasteiger partial charge in [0.1, 0.15) is 27.6 Å². The zero-order chi connectivity index (χ0) is 25.0. The molecule has 1 N–H and O–H groups in total. The van der Waals surface area contributed by atoms with Gasteiger partial charge in [-0.25, -0.2) is 17.6 Å². The molecule has 1 unspecified atom stereocenters. The highest BCUT2D eigenvalue weighted by Gasteiger charge is 2.30. The number of aliphatic carboxylic acids is 1. The molecule has 0 aliphatic heterocycles. The Morgan fingerprint density at radius 2 is 1.94 bits per heavy atom. The second-order valence-electron chi connectivity index (χ2n) is 8.06. The number of aryl methyl sites for hydroxylation is 2. The van der Waals surface area contributed by atoms with E-state index in [-0.39, 0.29) is 10.8 Å². The Morgan fingerprint density at radius 1 is 1.21 bits per heavy atom. The van der Waals surface area contributed by atoms with Gasteiger partial charge in [0.2, 0.25) is 0 Å². The Hall–Kier alpha value is -2.69. The van der Waals surface area contributed by atoms with Crippen LogP contribution in [-0.4, -0.2) is 49.6 Å². The summed E-state index contributed by atoms with van der Waals surface area (Å²) in [5.41, 5.74) is 1.25. The van der Waals surface area contributed by atoms with Gasteiger partial charge in [-0.05, 0) is 80.1 Å². The molecule has 10 heteroatoms. The van der Waals surface area contributed by atoms with E-state index >= 15 is 0 Å². The molecule has 0 amide bonds. The minimum absolute atomic E-state index is 0.133. The number of thiophene rings is 1. The Morgan fingerprint density at radius 3 is 2.59 bits per heavy atom. The lowest BCUT2D eigenvalue weighted by Crippen LogP contribution is -2.39. The maximum absolute atomic E-state index is 13.7. The molecule has 0 spiro atoms. The minimum atomic E-state index is -3.81. The molecule has 1 atom stereocenters. The quantitative estimate of drug-likeness (QED) is 0.392. The lowest BCUT2D eigenvalue weighted by molar-refractivity contribution is -0.139. The summed E-state index contributed by atoms with van der Waals surface area (Å²) in [5, 5.41) is 9.37. The van der Waals surface area contributed by atoms with Crippen molar-refractivity contribution in [2.75, 3.05) is 19.7 Å². The molecule has 184 valence electrons. The Kier molecular flexibility index (Phi) is 8.17. The van der Waals surface area contributed by atoms with Crippen molar-refractivity contribution in [2.24, 2.45) is 0 Å². The molecular formula is C24H28FNO6S2. The van der Waals surface area contributed by atoms with E-state index in [1.165, 1.54) is 16.4 Å². The second kappa shape index (κ2) is 10.7. The third-order valence-electron chi connectivity index (χ3n) is 5.20. The molecule has 3 rings (SSSR count). The summed E-state index contributed by atoms with van der Waals surface area (Å²) >= 11 is 1.14. The van der Waals surface area contributed by atoms with Crippen LogP contribution >= 0.6 is 11.3 Å². The fourth-order valence-electron chi connectivity index (χ4n) is 3.65. The predicted octanol–water partition coefficient (Wildman–Crippen LogP) is 4.99. The van der Waals surface area contributed by atoms with Crippen molar-refractivity contribution in [2.45, 2.75) is 44.4 Å². The van der Waals surface area contributed by atoms with E-state index in [9.17, 15) is 17.6 Å². The summed E-state index contributed by atoms with van der Waals surface area (Å²) in [7, 11) is -3.81. The van der Waals surface area contributed by atoms with Gasteiger partial charge in [-0.15, -0.1) is 11.3 Å². The van der Waals surface area contributed by atoms with Gasteiger partial charge in [-0.1, -0.05) is 6.92 Å². The smallest absolute Gasteiger partial charge is 0.341 e. The number of ether oxygens (including phenoxy) is 2. The molecule has 1 aromatic heterocycles. The van der Waals surface area contributed by atoms with Gasteiger partial charge in [0.15, 0.2) is 6.61 Å². The average Bonchev–Trinajstić information content (AvgIpc) is 3.09. The predicted molar refractivity (Wildman–Crippen MR) is 130 cm³/mol. The average molecular weight is 510 g/mol. The van der Waals surface area contributed by atoms with Gasteiger partial charge < -0.3 is 14.6 Å². The number of benzene rings is 2.